The minimum absolute atomic E-state index is 0.523. The zero-order valence-electron chi connectivity index (χ0n) is 10.0. The van der Waals surface area contributed by atoms with Crippen LogP contribution in [0.2, 0.25) is 5.02 Å². The molecule has 0 spiro atoms. The summed E-state index contributed by atoms with van der Waals surface area (Å²) in [5.74, 6) is 0. The van der Waals surface area contributed by atoms with Crippen LogP contribution in [0.15, 0.2) is 46.9 Å². The van der Waals surface area contributed by atoms with Crippen molar-refractivity contribution in [3.8, 4) is 0 Å². The molecule has 0 fully saturated rings. The number of aliphatic hydroxyl groups excluding tert-OH is 1. The Balaban J connectivity index is 2.18. The highest BCUT2D eigenvalue weighted by Gasteiger charge is 2.11. The van der Waals surface area contributed by atoms with E-state index < -0.39 is 6.10 Å². The van der Waals surface area contributed by atoms with E-state index >= 15 is 0 Å². The van der Waals surface area contributed by atoms with Crippen molar-refractivity contribution < 1.29 is 5.11 Å². The molecule has 2 rings (SSSR count). The van der Waals surface area contributed by atoms with E-state index in [-0.39, 0.29) is 0 Å². The first-order chi connectivity index (χ1) is 8.56. The van der Waals surface area contributed by atoms with Gasteiger partial charge >= 0.3 is 0 Å². The zero-order chi connectivity index (χ0) is 13.1. The van der Waals surface area contributed by atoms with Gasteiger partial charge in [0.25, 0.3) is 0 Å². The fourth-order valence-corrected chi connectivity index (χ4v) is 2.64. The predicted molar refractivity (Wildman–Crippen MR) is 79.0 cm³/mol. The molecule has 0 aromatic heterocycles. The molecule has 1 atom stereocenters. The third-order valence-corrected chi connectivity index (χ3v) is 3.70. The van der Waals surface area contributed by atoms with Crippen molar-refractivity contribution in [2.45, 2.75) is 19.4 Å². The molecule has 0 saturated carbocycles. The van der Waals surface area contributed by atoms with Gasteiger partial charge in [-0.1, -0.05) is 63.4 Å². The number of hydrogen-bond donors (Lipinski definition) is 1. The maximum absolute atomic E-state index is 10.2. The molecular formula is C15H14BrClO. The lowest BCUT2D eigenvalue weighted by Crippen LogP contribution is -2.02. The van der Waals surface area contributed by atoms with Gasteiger partial charge in [-0.15, -0.1) is 0 Å². The van der Waals surface area contributed by atoms with Gasteiger partial charge in [0, 0.05) is 15.9 Å². The van der Waals surface area contributed by atoms with Crippen molar-refractivity contribution in [1.82, 2.24) is 0 Å². The minimum atomic E-state index is -0.524. The van der Waals surface area contributed by atoms with E-state index in [0.29, 0.717) is 11.4 Å². The molecule has 0 radical (unpaired) electrons. The van der Waals surface area contributed by atoms with Gasteiger partial charge < -0.3 is 5.11 Å². The molecule has 1 nitrogen and oxygen atoms in total. The standard InChI is InChI=1S/C15H14BrClO/c1-10-3-2-4-12(7-10)15(18)8-11-5-6-13(16)9-14(11)17/h2-7,9,15,18H,8H2,1H3. The highest BCUT2D eigenvalue weighted by Crippen LogP contribution is 2.26. The third-order valence-electron chi connectivity index (χ3n) is 2.86. The molecule has 0 heterocycles. The van der Waals surface area contributed by atoms with Gasteiger partial charge in [-0.2, -0.15) is 0 Å². The van der Waals surface area contributed by atoms with E-state index in [1.165, 1.54) is 0 Å². The van der Waals surface area contributed by atoms with Crippen LogP contribution in [0.3, 0.4) is 0 Å². The van der Waals surface area contributed by atoms with Crippen LogP contribution in [0.25, 0.3) is 0 Å². The molecule has 0 aliphatic heterocycles. The summed E-state index contributed by atoms with van der Waals surface area (Å²) < 4.78 is 0.946. The summed E-state index contributed by atoms with van der Waals surface area (Å²) in [6, 6.07) is 13.6. The van der Waals surface area contributed by atoms with Crippen LogP contribution in [0.5, 0.6) is 0 Å². The Labute approximate surface area is 121 Å². The van der Waals surface area contributed by atoms with Crippen LogP contribution in [-0.2, 0) is 6.42 Å². The Morgan fingerprint density at radius 2 is 2.00 bits per heavy atom. The van der Waals surface area contributed by atoms with E-state index in [2.05, 4.69) is 15.9 Å². The molecule has 2 aromatic rings. The number of benzene rings is 2. The van der Waals surface area contributed by atoms with Gasteiger partial charge in [-0.25, -0.2) is 0 Å². The van der Waals surface area contributed by atoms with Crippen molar-refractivity contribution in [2.75, 3.05) is 0 Å². The first-order valence-corrected chi connectivity index (χ1v) is 6.92. The fraction of sp³-hybridized carbons (Fsp3) is 0.200. The SMILES string of the molecule is Cc1cccc(C(O)Cc2ccc(Br)cc2Cl)c1. The molecule has 1 N–H and O–H groups in total. The summed E-state index contributed by atoms with van der Waals surface area (Å²) in [4.78, 5) is 0. The number of aliphatic hydroxyl groups is 1. The minimum Gasteiger partial charge on any atom is -0.388 e. The van der Waals surface area contributed by atoms with Gasteiger partial charge in [0.15, 0.2) is 0 Å². The molecule has 0 bridgehead atoms. The molecule has 0 aliphatic rings. The number of halogens is 2. The van der Waals surface area contributed by atoms with Gasteiger partial charge in [0.1, 0.15) is 0 Å². The maximum Gasteiger partial charge on any atom is 0.0831 e. The Morgan fingerprint density at radius 1 is 1.22 bits per heavy atom. The van der Waals surface area contributed by atoms with Gasteiger partial charge in [-0.05, 0) is 30.2 Å². The predicted octanol–water partition coefficient (Wildman–Crippen LogP) is 4.69. The average molecular weight is 326 g/mol. The summed E-state index contributed by atoms with van der Waals surface area (Å²) in [6.07, 6.45) is -0.00109. The van der Waals surface area contributed by atoms with Gasteiger partial charge in [-0.3, -0.25) is 0 Å². The van der Waals surface area contributed by atoms with Crippen LogP contribution in [0.1, 0.15) is 22.8 Å². The Bertz CT molecular complexity index is 554. The molecule has 18 heavy (non-hydrogen) atoms. The van der Waals surface area contributed by atoms with Crippen molar-refractivity contribution in [1.29, 1.82) is 0 Å². The van der Waals surface area contributed by atoms with Crippen LogP contribution < -0.4 is 0 Å². The summed E-state index contributed by atoms with van der Waals surface area (Å²) in [5.41, 5.74) is 3.02. The third kappa shape index (κ3) is 3.35. The first kappa shape index (κ1) is 13.6. The molecular weight excluding hydrogens is 312 g/mol. The van der Waals surface area contributed by atoms with E-state index in [0.717, 1.165) is 21.2 Å². The second-order valence-corrected chi connectivity index (χ2v) is 5.69. The summed E-state index contributed by atoms with van der Waals surface area (Å²) in [7, 11) is 0. The number of rotatable bonds is 3. The Kier molecular flexibility index (Phi) is 4.44. The van der Waals surface area contributed by atoms with Crippen molar-refractivity contribution in [2.24, 2.45) is 0 Å². The molecule has 3 heteroatoms. The lowest BCUT2D eigenvalue weighted by molar-refractivity contribution is 0.178. The van der Waals surface area contributed by atoms with Gasteiger partial charge in [0.2, 0.25) is 0 Å². The molecule has 1 unspecified atom stereocenters. The van der Waals surface area contributed by atoms with E-state index in [1.807, 2.05) is 49.4 Å². The fourth-order valence-electron chi connectivity index (χ4n) is 1.89. The molecule has 2 aromatic carbocycles. The van der Waals surface area contributed by atoms with Crippen LogP contribution in [0, 0.1) is 6.92 Å². The lowest BCUT2D eigenvalue weighted by atomic mass is 10.00. The Morgan fingerprint density at radius 3 is 2.67 bits per heavy atom. The molecule has 0 saturated heterocycles. The number of hydrogen-bond acceptors (Lipinski definition) is 1. The van der Waals surface area contributed by atoms with Crippen molar-refractivity contribution in [3.63, 3.8) is 0 Å². The number of aryl methyl sites for hydroxylation is 1. The zero-order valence-corrected chi connectivity index (χ0v) is 12.4. The van der Waals surface area contributed by atoms with E-state index in [9.17, 15) is 5.11 Å². The lowest BCUT2D eigenvalue weighted by Gasteiger charge is -2.13. The largest absolute Gasteiger partial charge is 0.388 e. The van der Waals surface area contributed by atoms with Crippen LogP contribution in [0.4, 0.5) is 0 Å². The van der Waals surface area contributed by atoms with E-state index in [1.54, 1.807) is 0 Å². The second-order valence-electron chi connectivity index (χ2n) is 4.37. The van der Waals surface area contributed by atoms with Crippen molar-refractivity contribution >= 4 is 27.5 Å². The quantitative estimate of drug-likeness (QED) is 0.868. The normalized spacial score (nSPS) is 12.4. The first-order valence-electron chi connectivity index (χ1n) is 5.75. The topological polar surface area (TPSA) is 20.2 Å². The van der Waals surface area contributed by atoms with Crippen LogP contribution >= 0.6 is 27.5 Å². The molecule has 0 amide bonds. The summed E-state index contributed by atoms with van der Waals surface area (Å²) in [5, 5.41) is 10.9. The molecule has 0 aliphatic carbocycles. The highest BCUT2D eigenvalue weighted by atomic mass is 79.9. The van der Waals surface area contributed by atoms with Gasteiger partial charge in [0.05, 0.1) is 6.10 Å². The Hall–Kier alpha value is -0.830. The average Bonchev–Trinajstić information content (AvgIpc) is 2.32. The summed E-state index contributed by atoms with van der Waals surface area (Å²) in [6.45, 7) is 2.02. The summed E-state index contributed by atoms with van der Waals surface area (Å²) >= 11 is 9.52. The maximum atomic E-state index is 10.2. The van der Waals surface area contributed by atoms with Crippen LogP contribution in [-0.4, -0.2) is 5.11 Å². The monoisotopic (exact) mass is 324 g/mol. The van der Waals surface area contributed by atoms with Crippen molar-refractivity contribution in [3.05, 3.63) is 68.7 Å². The smallest absolute Gasteiger partial charge is 0.0831 e. The second kappa shape index (κ2) is 5.87. The van der Waals surface area contributed by atoms with E-state index in [4.69, 9.17) is 11.6 Å². The molecule has 94 valence electrons. The highest BCUT2D eigenvalue weighted by molar-refractivity contribution is 9.10.